The molecule has 1 aromatic rings. The van der Waals surface area contributed by atoms with Crippen LogP contribution in [0.5, 0.6) is 0 Å². The summed E-state index contributed by atoms with van der Waals surface area (Å²) >= 11 is 5.81. The van der Waals surface area contributed by atoms with Crippen molar-refractivity contribution < 1.29 is 4.79 Å². The van der Waals surface area contributed by atoms with Gasteiger partial charge in [0, 0.05) is 18.7 Å². The molecule has 1 unspecified atom stereocenters. The number of halogens is 1. The molecule has 0 saturated carbocycles. The smallest absolute Gasteiger partial charge is 0.226 e. The Morgan fingerprint density at radius 1 is 1.69 bits per heavy atom. The number of carbonyl (C=O) groups is 1. The molecule has 16 heavy (non-hydrogen) atoms. The molecule has 1 heterocycles. The second-order valence-corrected chi connectivity index (χ2v) is 4.00. The molecular weight excluding hydrogens is 226 g/mol. The summed E-state index contributed by atoms with van der Waals surface area (Å²) in [6, 6.07) is 3.33. The van der Waals surface area contributed by atoms with Crippen LogP contribution in [0.4, 0.5) is 5.69 Å². The Labute approximate surface area is 100 Å². The summed E-state index contributed by atoms with van der Waals surface area (Å²) in [4.78, 5) is 15.4. The molecule has 88 valence electrons. The summed E-state index contributed by atoms with van der Waals surface area (Å²) in [5.41, 5.74) is 6.29. The highest BCUT2D eigenvalue weighted by Gasteiger charge is 2.10. The fraction of sp³-hybridized carbons (Fsp3) is 0.455. The second kappa shape index (κ2) is 6.45. The number of pyridine rings is 1. The molecule has 0 fully saturated rings. The highest BCUT2D eigenvalue weighted by atomic mass is 35.5. The Hall–Kier alpha value is -1.13. The number of hydrogen-bond acceptors (Lipinski definition) is 3. The van der Waals surface area contributed by atoms with Gasteiger partial charge < -0.3 is 11.1 Å². The van der Waals surface area contributed by atoms with E-state index in [0.717, 1.165) is 12.8 Å². The van der Waals surface area contributed by atoms with Crippen molar-refractivity contribution in [3.63, 3.8) is 0 Å². The molecule has 1 aromatic heterocycles. The number of carbonyl (C=O) groups excluding carboxylic acids is 1. The van der Waals surface area contributed by atoms with Gasteiger partial charge in [0.2, 0.25) is 5.91 Å². The van der Waals surface area contributed by atoms with E-state index in [1.807, 2.05) is 6.92 Å². The van der Waals surface area contributed by atoms with E-state index in [4.69, 9.17) is 17.3 Å². The quantitative estimate of drug-likeness (QED) is 0.777. The minimum absolute atomic E-state index is 0.0968. The van der Waals surface area contributed by atoms with Crippen molar-refractivity contribution in [3.8, 4) is 0 Å². The van der Waals surface area contributed by atoms with Gasteiger partial charge in [-0.05, 0) is 18.6 Å². The van der Waals surface area contributed by atoms with Crippen molar-refractivity contribution in [2.75, 3.05) is 5.32 Å². The van der Waals surface area contributed by atoms with Gasteiger partial charge in [-0.2, -0.15) is 0 Å². The van der Waals surface area contributed by atoms with Crippen molar-refractivity contribution in [1.29, 1.82) is 0 Å². The number of nitrogens with two attached hydrogens (primary N) is 1. The Morgan fingerprint density at radius 2 is 2.44 bits per heavy atom. The standard InChI is InChI=1S/C11H16ClN3O/c1-2-4-8(13)7-10(16)15-9-5-3-6-14-11(9)12/h3,5-6,8H,2,4,7,13H2,1H3,(H,15,16). The van der Waals surface area contributed by atoms with Gasteiger partial charge >= 0.3 is 0 Å². The monoisotopic (exact) mass is 241 g/mol. The molecule has 3 N–H and O–H groups in total. The molecule has 0 spiro atoms. The maximum absolute atomic E-state index is 11.6. The van der Waals surface area contributed by atoms with Crippen LogP contribution in [0.2, 0.25) is 5.15 Å². The van der Waals surface area contributed by atoms with Gasteiger partial charge in [-0.25, -0.2) is 4.98 Å². The SMILES string of the molecule is CCCC(N)CC(=O)Nc1cccnc1Cl. The van der Waals surface area contributed by atoms with Crippen LogP contribution >= 0.6 is 11.6 Å². The lowest BCUT2D eigenvalue weighted by atomic mass is 10.1. The van der Waals surface area contributed by atoms with Crippen molar-refractivity contribution in [2.24, 2.45) is 5.73 Å². The van der Waals surface area contributed by atoms with E-state index in [9.17, 15) is 4.79 Å². The van der Waals surface area contributed by atoms with Crippen molar-refractivity contribution in [2.45, 2.75) is 32.2 Å². The van der Waals surface area contributed by atoms with Crippen LogP contribution in [0.1, 0.15) is 26.2 Å². The van der Waals surface area contributed by atoms with Crippen LogP contribution in [0.25, 0.3) is 0 Å². The van der Waals surface area contributed by atoms with Crippen LogP contribution in [0.3, 0.4) is 0 Å². The van der Waals surface area contributed by atoms with E-state index < -0.39 is 0 Å². The predicted molar refractivity (Wildman–Crippen MR) is 65.4 cm³/mol. The average molecular weight is 242 g/mol. The van der Waals surface area contributed by atoms with Gasteiger partial charge in [0.25, 0.3) is 0 Å². The topological polar surface area (TPSA) is 68.0 Å². The third-order valence-corrected chi connectivity index (χ3v) is 2.44. The summed E-state index contributed by atoms with van der Waals surface area (Å²) < 4.78 is 0. The van der Waals surface area contributed by atoms with Gasteiger partial charge in [-0.15, -0.1) is 0 Å². The van der Waals surface area contributed by atoms with Crippen molar-refractivity contribution in [3.05, 3.63) is 23.5 Å². The fourth-order valence-electron chi connectivity index (χ4n) is 1.39. The molecule has 1 rings (SSSR count). The number of amides is 1. The molecule has 0 aliphatic carbocycles. The van der Waals surface area contributed by atoms with Crippen LogP contribution in [0.15, 0.2) is 18.3 Å². The van der Waals surface area contributed by atoms with E-state index in [1.165, 1.54) is 0 Å². The van der Waals surface area contributed by atoms with Crippen molar-refractivity contribution >= 4 is 23.2 Å². The normalized spacial score (nSPS) is 12.2. The van der Waals surface area contributed by atoms with Crippen LogP contribution in [-0.4, -0.2) is 16.9 Å². The van der Waals surface area contributed by atoms with Crippen LogP contribution < -0.4 is 11.1 Å². The minimum atomic E-state index is -0.129. The Morgan fingerprint density at radius 3 is 3.06 bits per heavy atom. The summed E-state index contributed by atoms with van der Waals surface area (Å²) in [5.74, 6) is -0.129. The number of nitrogens with one attached hydrogen (secondary N) is 1. The molecule has 0 aliphatic rings. The lowest BCUT2D eigenvalue weighted by Crippen LogP contribution is -2.26. The zero-order valence-corrected chi connectivity index (χ0v) is 10.00. The molecule has 5 heteroatoms. The first kappa shape index (κ1) is 12.9. The third kappa shape index (κ3) is 4.16. The predicted octanol–water partition coefficient (Wildman–Crippen LogP) is 2.19. The third-order valence-electron chi connectivity index (χ3n) is 2.14. The Kier molecular flexibility index (Phi) is 5.22. The van der Waals surface area contributed by atoms with Gasteiger partial charge in [0.1, 0.15) is 0 Å². The number of anilines is 1. The number of nitrogens with zero attached hydrogens (tertiary/aromatic N) is 1. The summed E-state index contributed by atoms with van der Waals surface area (Å²) in [6.07, 6.45) is 3.69. The number of aromatic nitrogens is 1. The highest BCUT2D eigenvalue weighted by molar-refractivity contribution is 6.32. The average Bonchev–Trinajstić information content (AvgIpc) is 2.21. The highest BCUT2D eigenvalue weighted by Crippen LogP contribution is 2.17. The zero-order chi connectivity index (χ0) is 12.0. The van der Waals surface area contributed by atoms with E-state index in [1.54, 1.807) is 18.3 Å². The number of rotatable bonds is 5. The molecule has 0 saturated heterocycles. The summed E-state index contributed by atoms with van der Waals surface area (Å²) in [7, 11) is 0. The van der Waals surface area contributed by atoms with Crippen molar-refractivity contribution in [1.82, 2.24) is 4.98 Å². The second-order valence-electron chi connectivity index (χ2n) is 3.64. The lowest BCUT2D eigenvalue weighted by Gasteiger charge is -2.10. The van der Waals surface area contributed by atoms with Crippen LogP contribution in [0, 0.1) is 0 Å². The van der Waals surface area contributed by atoms with Gasteiger partial charge in [-0.3, -0.25) is 4.79 Å². The molecule has 1 amide bonds. The molecule has 1 atom stereocenters. The molecular formula is C11H16ClN3O. The Balaban J connectivity index is 2.49. The summed E-state index contributed by atoms with van der Waals surface area (Å²) in [5, 5.41) is 2.98. The fourth-order valence-corrected chi connectivity index (χ4v) is 1.56. The molecule has 0 aromatic carbocycles. The molecule has 0 bridgehead atoms. The van der Waals surface area contributed by atoms with E-state index >= 15 is 0 Å². The number of hydrogen-bond donors (Lipinski definition) is 2. The Bertz CT molecular complexity index is 357. The first-order valence-corrected chi connectivity index (χ1v) is 5.67. The molecule has 4 nitrogen and oxygen atoms in total. The zero-order valence-electron chi connectivity index (χ0n) is 9.24. The van der Waals surface area contributed by atoms with E-state index in [2.05, 4.69) is 10.3 Å². The van der Waals surface area contributed by atoms with Gasteiger partial charge in [0.15, 0.2) is 5.15 Å². The first-order chi connectivity index (χ1) is 7.63. The first-order valence-electron chi connectivity index (χ1n) is 5.29. The van der Waals surface area contributed by atoms with Gasteiger partial charge in [0.05, 0.1) is 5.69 Å². The summed E-state index contributed by atoms with van der Waals surface area (Å²) in [6.45, 7) is 2.04. The molecule has 0 radical (unpaired) electrons. The van der Waals surface area contributed by atoms with E-state index in [-0.39, 0.29) is 11.9 Å². The van der Waals surface area contributed by atoms with Gasteiger partial charge in [-0.1, -0.05) is 24.9 Å². The lowest BCUT2D eigenvalue weighted by molar-refractivity contribution is -0.116. The maximum Gasteiger partial charge on any atom is 0.226 e. The maximum atomic E-state index is 11.6. The van der Waals surface area contributed by atoms with Crippen LogP contribution in [-0.2, 0) is 4.79 Å². The largest absolute Gasteiger partial charge is 0.327 e. The van der Waals surface area contributed by atoms with E-state index in [0.29, 0.717) is 17.3 Å². The minimum Gasteiger partial charge on any atom is -0.327 e. The molecule has 0 aliphatic heterocycles.